The lowest BCUT2D eigenvalue weighted by Crippen LogP contribution is -2.37. The molecule has 1 fully saturated rings. The van der Waals surface area contributed by atoms with E-state index in [0.29, 0.717) is 16.7 Å². The van der Waals surface area contributed by atoms with Crippen LogP contribution in [0.3, 0.4) is 0 Å². The van der Waals surface area contributed by atoms with Crippen LogP contribution in [-0.4, -0.2) is 26.2 Å². The molecule has 1 aliphatic rings. The molecule has 0 saturated carbocycles. The third-order valence-electron chi connectivity index (χ3n) is 5.24. The fourth-order valence-electron chi connectivity index (χ4n) is 3.59. The summed E-state index contributed by atoms with van der Waals surface area (Å²) in [6.45, 7) is 0. The Bertz CT molecular complexity index is 1340. The van der Waals surface area contributed by atoms with Crippen molar-refractivity contribution in [3.05, 3.63) is 100 Å². The Hall–Kier alpha value is -3.50. The molecule has 0 spiro atoms. The highest BCUT2D eigenvalue weighted by Crippen LogP contribution is 2.39. The van der Waals surface area contributed by atoms with E-state index in [1.807, 2.05) is 0 Å². The molecule has 10 heteroatoms. The molecule has 0 aliphatic carbocycles. The van der Waals surface area contributed by atoms with Gasteiger partial charge < -0.3 is 5.11 Å². The van der Waals surface area contributed by atoms with E-state index in [1.165, 1.54) is 12.1 Å². The first-order valence-corrected chi connectivity index (χ1v) is 11.3. The fraction of sp³-hybridized carbons (Fsp3) is 0.0800. The molecule has 3 aromatic carbocycles. The zero-order valence-electron chi connectivity index (χ0n) is 17.6. The van der Waals surface area contributed by atoms with Gasteiger partial charge in [0.05, 0.1) is 10.5 Å². The maximum atomic E-state index is 13.6. The van der Waals surface area contributed by atoms with E-state index in [9.17, 15) is 32.3 Å². The Morgan fingerprint density at radius 1 is 1.00 bits per heavy atom. The largest absolute Gasteiger partial charge is 0.479 e. The van der Waals surface area contributed by atoms with Crippen molar-refractivity contribution >= 4 is 46.3 Å². The van der Waals surface area contributed by atoms with Gasteiger partial charge in [0.15, 0.2) is 6.04 Å². The zero-order valence-corrected chi connectivity index (χ0v) is 19.3. The van der Waals surface area contributed by atoms with Gasteiger partial charge in [0.2, 0.25) is 0 Å². The van der Waals surface area contributed by atoms with Crippen LogP contribution < -0.4 is 0 Å². The van der Waals surface area contributed by atoms with Crippen molar-refractivity contribution in [3.8, 4) is 11.1 Å². The molecule has 3 aromatic rings. The molecule has 0 radical (unpaired) electrons. The predicted molar refractivity (Wildman–Crippen MR) is 129 cm³/mol. The number of halogens is 4. The molecule has 0 aromatic heterocycles. The molecule has 1 heterocycles. The van der Waals surface area contributed by atoms with E-state index in [2.05, 4.69) is 0 Å². The van der Waals surface area contributed by atoms with Crippen molar-refractivity contribution in [2.24, 2.45) is 0 Å². The topological polar surface area (TPSA) is 57.6 Å². The van der Waals surface area contributed by atoms with Crippen molar-refractivity contribution in [1.82, 2.24) is 4.90 Å². The van der Waals surface area contributed by atoms with Gasteiger partial charge in [0, 0.05) is 0 Å². The number of nitrogens with zero attached hydrogens (tertiary/aromatic N) is 1. The molecule has 1 saturated heterocycles. The van der Waals surface area contributed by atoms with Crippen LogP contribution in [0.4, 0.5) is 17.6 Å². The Kier molecular flexibility index (Phi) is 6.77. The van der Waals surface area contributed by atoms with Crippen LogP contribution in [0.2, 0.25) is 0 Å². The van der Waals surface area contributed by atoms with Gasteiger partial charge in [-0.25, -0.2) is 9.18 Å². The third-order valence-corrected chi connectivity index (χ3v) is 6.57. The molecule has 178 valence electrons. The minimum atomic E-state index is -4.82. The Labute approximate surface area is 206 Å². The summed E-state index contributed by atoms with van der Waals surface area (Å²) in [5.74, 6) is -3.14. The molecule has 4 nitrogen and oxygen atoms in total. The number of alkyl halides is 3. The van der Waals surface area contributed by atoms with Gasteiger partial charge in [0.1, 0.15) is 10.1 Å². The van der Waals surface area contributed by atoms with E-state index < -0.39 is 35.5 Å². The number of carboxylic acids is 1. The molecule has 0 unspecified atom stereocenters. The van der Waals surface area contributed by atoms with Gasteiger partial charge in [-0.3, -0.25) is 9.69 Å². The maximum Gasteiger partial charge on any atom is 0.419 e. The molecule has 1 atom stereocenters. The number of aliphatic carboxylic acids is 1. The Balaban J connectivity index is 1.60. The van der Waals surface area contributed by atoms with Crippen LogP contribution in [0.15, 0.2) is 77.7 Å². The highest BCUT2D eigenvalue weighted by Gasteiger charge is 2.41. The Morgan fingerprint density at radius 3 is 2.23 bits per heavy atom. The number of benzene rings is 3. The van der Waals surface area contributed by atoms with Gasteiger partial charge in [-0.15, -0.1) is 0 Å². The second kappa shape index (κ2) is 9.63. The van der Waals surface area contributed by atoms with Crippen LogP contribution in [0.1, 0.15) is 22.7 Å². The lowest BCUT2D eigenvalue weighted by atomic mass is 10.0. The van der Waals surface area contributed by atoms with Gasteiger partial charge >= 0.3 is 12.1 Å². The first-order chi connectivity index (χ1) is 16.6. The van der Waals surface area contributed by atoms with Crippen LogP contribution >= 0.6 is 24.0 Å². The van der Waals surface area contributed by atoms with Crippen LogP contribution in [0.25, 0.3) is 17.2 Å². The molecule has 1 aliphatic heterocycles. The average Bonchev–Trinajstić information content (AvgIpc) is 3.08. The van der Waals surface area contributed by atoms with E-state index >= 15 is 0 Å². The summed E-state index contributed by atoms with van der Waals surface area (Å²) >= 11 is 6.25. The van der Waals surface area contributed by atoms with Crippen LogP contribution in [0, 0.1) is 5.82 Å². The molecule has 1 amide bonds. The van der Waals surface area contributed by atoms with Crippen LogP contribution in [0.5, 0.6) is 0 Å². The minimum absolute atomic E-state index is 0.0973. The number of hydrogen-bond acceptors (Lipinski definition) is 4. The number of thiocarbonyl (C=S) groups is 1. The summed E-state index contributed by atoms with van der Waals surface area (Å²) in [7, 11) is 0. The number of carboxylic acid groups (broad SMARTS) is 1. The van der Waals surface area contributed by atoms with Gasteiger partial charge in [0.25, 0.3) is 5.91 Å². The SMILES string of the molecule is O=C(O)[C@H](c1ccccc1)N1C(=O)/C(=C/c2ccc(-c3ccc(F)c(C(F)(F)F)c3)cc2)SC1=S. The smallest absolute Gasteiger partial charge is 0.419 e. The highest BCUT2D eigenvalue weighted by molar-refractivity contribution is 8.26. The van der Waals surface area contributed by atoms with Crippen molar-refractivity contribution < 1.29 is 32.3 Å². The van der Waals surface area contributed by atoms with E-state index in [1.54, 1.807) is 54.6 Å². The van der Waals surface area contributed by atoms with Crippen molar-refractivity contribution in [2.75, 3.05) is 0 Å². The lowest BCUT2D eigenvalue weighted by molar-refractivity contribution is -0.145. The summed E-state index contributed by atoms with van der Waals surface area (Å²) in [5, 5.41) is 9.75. The third kappa shape index (κ3) is 5.13. The summed E-state index contributed by atoms with van der Waals surface area (Å²) in [5.41, 5.74) is 0.214. The lowest BCUT2D eigenvalue weighted by Gasteiger charge is -2.23. The Morgan fingerprint density at radius 2 is 1.63 bits per heavy atom. The monoisotopic (exact) mass is 517 g/mol. The second-order valence-electron chi connectivity index (χ2n) is 7.52. The summed E-state index contributed by atoms with van der Waals surface area (Å²) < 4.78 is 52.7. The molecular weight excluding hydrogens is 502 g/mol. The van der Waals surface area contributed by atoms with E-state index in [-0.39, 0.29) is 14.8 Å². The quantitative estimate of drug-likeness (QED) is 0.237. The average molecular weight is 518 g/mol. The molecule has 35 heavy (non-hydrogen) atoms. The van der Waals surface area contributed by atoms with Gasteiger partial charge in [-0.2, -0.15) is 13.2 Å². The number of rotatable bonds is 5. The standard InChI is InChI=1S/C25H15F4NO3S2/c26-19-11-10-17(13-18(19)25(27,28)29)15-8-6-14(7-9-15)12-20-22(31)30(24(34)35-20)21(23(32)33)16-4-2-1-3-5-16/h1-13,21H,(H,32,33)/b20-12-/t21-/m0/s1. The predicted octanol–water partition coefficient (Wildman–Crippen LogP) is 6.54. The van der Waals surface area contributed by atoms with Crippen molar-refractivity contribution in [1.29, 1.82) is 0 Å². The summed E-state index contributed by atoms with van der Waals surface area (Å²) in [6.07, 6.45) is -3.29. The van der Waals surface area contributed by atoms with Gasteiger partial charge in [-0.05, 0) is 40.5 Å². The summed E-state index contributed by atoms with van der Waals surface area (Å²) in [6, 6.07) is 16.0. The maximum absolute atomic E-state index is 13.6. The van der Waals surface area contributed by atoms with Gasteiger partial charge in [-0.1, -0.05) is 84.6 Å². The zero-order chi connectivity index (χ0) is 25.3. The normalized spacial score (nSPS) is 16.1. The van der Waals surface area contributed by atoms with E-state index in [4.69, 9.17) is 12.2 Å². The van der Waals surface area contributed by atoms with E-state index in [0.717, 1.165) is 28.8 Å². The summed E-state index contributed by atoms with van der Waals surface area (Å²) in [4.78, 5) is 26.2. The highest BCUT2D eigenvalue weighted by atomic mass is 32.2. The number of carbonyl (C=O) groups excluding carboxylic acids is 1. The van der Waals surface area contributed by atoms with Crippen molar-refractivity contribution in [2.45, 2.75) is 12.2 Å². The first kappa shape index (κ1) is 24.6. The molecule has 1 N–H and O–H groups in total. The number of hydrogen-bond donors (Lipinski definition) is 1. The first-order valence-electron chi connectivity index (χ1n) is 10.1. The molecule has 4 rings (SSSR count). The van der Waals surface area contributed by atoms with Crippen LogP contribution in [-0.2, 0) is 15.8 Å². The molecule has 0 bridgehead atoms. The fourth-order valence-corrected chi connectivity index (χ4v) is 4.90. The second-order valence-corrected chi connectivity index (χ2v) is 9.19. The van der Waals surface area contributed by atoms with Crippen molar-refractivity contribution in [3.63, 3.8) is 0 Å². The number of amides is 1. The number of thioether (sulfide) groups is 1. The number of carbonyl (C=O) groups is 2. The molecular formula is C25H15F4NO3S2. The minimum Gasteiger partial charge on any atom is -0.479 e.